The number of rotatable bonds is 3. The first-order valence-electron chi connectivity index (χ1n) is 5.66. The Hall–Kier alpha value is -1.26. The zero-order chi connectivity index (χ0) is 11.4. The van der Waals surface area contributed by atoms with Gasteiger partial charge in [0.05, 0.1) is 6.54 Å². The number of hydrogen-bond donors (Lipinski definition) is 1. The van der Waals surface area contributed by atoms with E-state index in [-0.39, 0.29) is 5.78 Å². The number of Topliss-reactive ketones (excluding diaryl/α,β-unsaturated/α-hetero) is 1. The van der Waals surface area contributed by atoms with Crippen molar-refractivity contribution in [2.45, 2.75) is 13.0 Å². The van der Waals surface area contributed by atoms with Crippen molar-refractivity contribution < 1.29 is 4.79 Å². The number of aromatic nitrogens is 1. The highest BCUT2D eigenvalue weighted by Gasteiger charge is 2.20. The second kappa shape index (κ2) is 5.18. The highest BCUT2D eigenvalue weighted by Crippen LogP contribution is 2.04. The largest absolute Gasteiger partial charge is 0.314 e. The molecule has 4 heteroatoms. The first kappa shape index (κ1) is 11.2. The maximum absolute atomic E-state index is 11.9. The normalized spacial score (nSPS) is 21.9. The molecule has 1 saturated heterocycles. The Morgan fingerprint density at radius 1 is 1.62 bits per heavy atom. The molecule has 0 saturated carbocycles. The van der Waals surface area contributed by atoms with Crippen molar-refractivity contribution in [2.24, 2.45) is 0 Å². The van der Waals surface area contributed by atoms with Crippen molar-refractivity contribution in [1.82, 2.24) is 15.2 Å². The molecule has 1 aliphatic heterocycles. The molecule has 4 nitrogen and oxygen atoms in total. The molecule has 2 rings (SSSR count). The van der Waals surface area contributed by atoms with Crippen LogP contribution in [-0.2, 0) is 0 Å². The van der Waals surface area contributed by atoms with Gasteiger partial charge in [-0.2, -0.15) is 0 Å². The van der Waals surface area contributed by atoms with E-state index in [4.69, 9.17) is 0 Å². The zero-order valence-corrected chi connectivity index (χ0v) is 9.52. The fourth-order valence-corrected chi connectivity index (χ4v) is 1.91. The van der Waals surface area contributed by atoms with Gasteiger partial charge in [0.1, 0.15) is 5.69 Å². The summed E-state index contributed by atoms with van der Waals surface area (Å²) < 4.78 is 0. The Labute approximate surface area is 95.7 Å². The maximum Gasteiger partial charge on any atom is 0.195 e. The first-order valence-corrected chi connectivity index (χ1v) is 5.66. The van der Waals surface area contributed by atoms with Crippen molar-refractivity contribution >= 4 is 5.78 Å². The number of piperazine rings is 1. The lowest BCUT2D eigenvalue weighted by Gasteiger charge is -2.33. The SMILES string of the molecule is CC1CNCCN1CC(=O)c1ccccn1. The molecule has 0 aromatic carbocycles. The van der Waals surface area contributed by atoms with Crippen molar-refractivity contribution in [3.8, 4) is 0 Å². The monoisotopic (exact) mass is 219 g/mol. The fourth-order valence-electron chi connectivity index (χ4n) is 1.91. The molecule has 1 aliphatic rings. The molecule has 0 spiro atoms. The topological polar surface area (TPSA) is 45.2 Å². The third-order valence-corrected chi connectivity index (χ3v) is 2.94. The van der Waals surface area contributed by atoms with Gasteiger partial charge in [0.15, 0.2) is 5.78 Å². The first-order chi connectivity index (χ1) is 7.77. The minimum atomic E-state index is 0.106. The summed E-state index contributed by atoms with van der Waals surface area (Å²) in [5.41, 5.74) is 0.563. The van der Waals surface area contributed by atoms with E-state index in [1.807, 2.05) is 12.1 Å². The van der Waals surface area contributed by atoms with Gasteiger partial charge in [0.25, 0.3) is 0 Å². The predicted molar refractivity (Wildman–Crippen MR) is 62.5 cm³/mol. The van der Waals surface area contributed by atoms with E-state index < -0.39 is 0 Å². The van der Waals surface area contributed by atoms with Crippen LogP contribution in [-0.4, -0.2) is 47.9 Å². The summed E-state index contributed by atoms with van der Waals surface area (Å²) in [5, 5.41) is 3.31. The molecule has 1 aromatic rings. The van der Waals surface area contributed by atoms with Crippen LogP contribution in [0.25, 0.3) is 0 Å². The van der Waals surface area contributed by atoms with Crippen LogP contribution < -0.4 is 5.32 Å². The zero-order valence-electron chi connectivity index (χ0n) is 9.52. The van der Waals surface area contributed by atoms with E-state index in [0.29, 0.717) is 18.3 Å². The molecular weight excluding hydrogens is 202 g/mol. The van der Waals surface area contributed by atoms with Gasteiger partial charge in [-0.15, -0.1) is 0 Å². The summed E-state index contributed by atoms with van der Waals surface area (Å²) in [6.07, 6.45) is 1.66. The number of nitrogens with zero attached hydrogens (tertiary/aromatic N) is 2. The van der Waals surface area contributed by atoms with Crippen LogP contribution in [0.1, 0.15) is 17.4 Å². The van der Waals surface area contributed by atoms with Gasteiger partial charge >= 0.3 is 0 Å². The van der Waals surface area contributed by atoms with Crippen LogP contribution in [0.2, 0.25) is 0 Å². The van der Waals surface area contributed by atoms with Crippen LogP contribution in [0.4, 0.5) is 0 Å². The van der Waals surface area contributed by atoms with Crippen LogP contribution in [0.15, 0.2) is 24.4 Å². The summed E-state index contributed by atoms with van der Waals surface area (Å²) >= 11 is 0. The lowest BCUT2D eigenvalue weighted by molar-refractivity contribution is 0.0870. The van der Waals surface area contributed by atoms with Gasteiger partial charge in [-0.3, -0.25) is 14.7 Å². The van der Waals surface area contributed by atoms with E-state index in [2.05, 4.69) is 22.1 Å². The molecule has 2 heterocycles. The summed E-state index contributed by atoms with van der Waals surface area (Å²) in [4.78, 5) is 18.2. The molecule has 1 fully saturated rings. The van der Waals surface area contributed by atoms with Gasteiger partial charge in [-0.05, 0) is 19.1 Å². The Bertz CT molecular complexity index is 353. The molecule has 0 aliphatic carbocycles. The second-order valence-corrected chi connectivity index (χ2v) is 4.16. The molecule has 1 unspecified atom stereocenters. The van der Waals surface area contributed by atoms with Crippen molar-refractivity contribution in [3.63, 3.8) is 0 Å². The second-order valence-electron chi connectivity index (χ2n) is 4.16. The van der Waals surface area contributed by atoms with Crippen molar-refractivity contribution in [2.75, 3.05) is 26.2 Å². The number of hydrogen-bond acceptors (Lipinski definition) is 4. The van der Waals surface area contributed by atoms with E-state index in [0.717, 1.165) is 19.6 Å². The van der Waals surface area contributed by atoms with E-state index in [9.17, 15) is 4.79 Å². The summed E-state index contributed by atoms with van der Waals surface area (Å²) in [7, 11) is 0. The van der Waals surface area contributed by atoms with E-state index in [1.165, 1.54) is 0 Å². The average molecular weight is 219 g/mol. The third-order valence-electron chi connectivity index (χ3n) is 2.94. The van der Waals surface area contributed by atoms with Gasteiger partial charge in [-0.1, -0.05) is 6.07 Å². The summed E-state index contributed by atoms with van der Waals surface area (Å²) in [5.74, 6) is 0.106. The van der Waals surface area contributed by atoms with Gasteiger partial charge in [0.2, 0.25) is 0 Å². The molecule has 0 radical (unpaired) electrons. The minimum absolute atomic E-state index is 0.106. The third kappa shape index (κ3) is 2.65. The van der Waals surface area contributed by atoms with Crippen LogP contribution in [0, 0.1) is 0 Å². The van der Waals surface area contributed by atoms with Crippen LogP contribution in [0.5, 0.6) is 0 Å². The number of carbonyl (C=O) groups is 1. The van der Waals surface area contributed by atoms with Crippen LogP contribution in [0.3, 0.4) is 0 Å². The highest BCUT2D eigenvalue weighted by atomic mass is 16.1. The number of carbonyl (C=O) groups excluding carboxylic acids is 1. The molecule has 1 atom stereocenters. The summed E-state index contributed by atoms with van der Waals surface area (Å²) in [6.45, 7) is 5.45. The average Bonchev–Trinajstić information content (AvgIpc) is 2.33. The Morgan fingerprint density at radius 3 is 3.19 bits per heavy atom. The van der Waals surface area contributed by atoms with Crippen LogP contribution >= 0.6 is 0 Å². The molecule has 0 bridgehead atoms. The highest BCUT2D eigenvalue weighted by molar-refractivity contribution is 5.95. The van der Waals surface area contributed by atoms with Crippen molar-refractivity contribution in [1.29, 1.82) is 0 Å². The summed E-state index contributed by atoms with van der Waals surface area (Å²) in [6, 6.07) is 5.86. The minimum Gasteiger partial charge on any atom is -0.314 e. The quantitative estimate of drug-likeness (QED) is 0.754. The molecule has 1 N–H and O–H groups in total. The van der Waals surface area contributed by atoms with E-state index >= 15 is 0 Å². The molecular formula is C12H17N3O. The maximum atomic E-state index is 11.9. The molecule has 1 aromatic heterocycles. The smallest absolute Gasteiger partial charge is 0.195 e. The van der Waals surface area contributed by atoms with Gasteiger partial charge in [-0.25, -0.2) is 0 Å². The van der Waals surface area contributed by atoms with Crippen molar-refractivity contribution in [3.05, 3.63) is 30.1 Å². The molecule has 16 heavy (non-hydrogen) atoms. The standard InChI is InChI=1S/C12H17N3O/c1-10-8-13-6-7-15(10)9-12(16)11-4-2-3-5-14-11/h2-5,10,13H,6-9H2,1H3. The molecule has 0 amide bonds. The number of ketones is 1. The number of pyridine rings is 1. The van der Waals surface area contributed by atoms with Gasteiger partial charge < -0.3 is 5.32 Å². The van der Waals surface area contributed by atoms with Gasteiger partial charge in [0, 0.05) is 31.9 Å². The Morgan fingerprint density at radius 2 is 2.50 bits per heavy atom. The number of nitrogens with one attached hydrogen (secondary N) is 1. The fraction of sp³-hybridized carbons (Fsp3) is 0.500. The molecule has 86 valence electrons. The predicted octanol–water partition coefficient (Wildman–Crippen LogP) is 0.558. The lowest BCUT2D eigenvalue weighted by Crippen LogP contribution is -2.51. The lowest BCUT2D eigenvalue weighted by atomic mass is 10.1. The Kier molecular flexibility index (Phi) is 3.64. The Balaban J connectivity index is 1.96. The van der Waals surface area contributed by atoms with E-state index in [1.54, 1.807) is 12.3 Å².